The zero-order valence-electron chi connectivity index (χ0n) is 17.4. The molecule has 2 atom stereocenters. The van der Waals surface area contributed by atoms with Crippen LogP contribution in [0.2, 0.25) is 0 Å². The van der Waals surface area contributed by atoms with Crippen LogP contribution in [-0.2, 0) is 4.79 Å². The molecule has 0 saturated heterocycles. The number of carbonyl (C=O) groups is 1. The van der Waals surface area contributed by atoms with Crippen molar-refractivity contribution in [3.05, 3.63) is 46.9 Å². The molecule has 0 aliphatic heterocycles. The van der Waals surface area contributed by atoms with Crippen molar-refractivity contribution in [1.82, 2.24) is 19.3 Å². The monoisotopic (exact) mass is 413 g/mol. The fraction of sp³-hybridized carbons (Fsp3) is 0.429. The summed E-state index contributed by atoms with van der Waals surface area (Å²) in [7, 11) is 0. The average molecular weight is 414 g/mol. The smallest absolute Gasteiger partial charge is 0.262 e. The molecule has 8 heteroatoms. The Kier molecular flexibility index (Phi) is 6.42. The van der Waals surface area contributed by atoms with Crippen LogP contribution in [-0.4, -0.2) is 30.5 Å². The first-order chi connectivity index (χ1) is 13.8. The lowest BCUT2D eigenvalue weighted by atomic mass is 10.2. The van der Waals surface area contributed by atoms with Gasteiger partial charge in [0.1, 0.15) is 5.82 Å². The number of para-hydroxylation sites is 1. The fourth-order valence-electron chi connectivity index (χ4n) is 3.04. The summed E-state index contributed by atoms with van der Waals surface area (Å²) in [4.78, 5) is 30.4. The molecule has 2 aromatic heterocycles. The lowest BCUT2D eigenvalue weighted by Gasteiger charge is -2.19. The number of hydrogen-bond donors (Lipinski definition) is 1. The number of benzene rings is 1. The average Bonchev–Trinajstić information content (AvgIpc) is 3.15. The Labute approximate surface area is 174 Å². The van der Waals surface area contributed by atoms with Crippen molar-refractivity contribution >= 4 is 34.4 Å². The van der Waals surface area contributed by atoms with Crippen LogP contribution in [0.4, 0.5) is 5.82 Å². The Morgan fingerprint density at radius 2 is 1.90 bits per heavy atom. The highest BCUT2D eigenvalue weighted by molar-refractivity contribution is 8.00. The molecular formula is C21H27N5O2S. The summed E-state index contributed by atoms with van der Waals surface area (Å²) >= 11 is 1.29. The second-order valence-corrected chi connectivity index (χ2v) is 8.66. The molecule has 0 fully saturated rings. The molecule has 0 radical (unpaired) electrons. The molecule has 1 aromatic carbocycles. The van der Waals surface area contributed by atoms with Crippen LogP contribution in [0.15, 0.2) is 46.5 Å². The van der Waals surface area contributed by atoms with Gasteiger partial charge in [-0.25, -0.2) is 9.67 Å². The van der Waals surface area contributed by atoms with Crippen molar-refractivity contribution in [1.29, 1.82) is 0 Å². The first kappa shape index (κ1) is 21.1. The highest BCUT2D eigenvalue weighted by atomic mass is 32.2. The summed E-state index contributed by atoms with van der Waals surface area (Å²) in [5, 5.41) is 7.95. The Bertz CT molecular complexity index is 1070. The van der Waals surface area contributed by atoms with Crippen LogP contribution in [0.5, 0.6) is 0 Å². The normalized spacial score (nSPS) is 13.6. The Balaban J connectivity index is 1.87. The van der Waals surface area contributed by atoms with Crippen molar-refractivity contribution in [3.63, 3.8) is 0 Å². The number of anilines is 1. The minimum Gasteiger partial charge on any atom is -0.310 e. The molecule has 0 unspecified atom stereocenters. The molecule has 7 nitrogen and oxygen atoms in total. The van der Waals surface area contributed by atoms with Gasteiger partial charge in [0.15, 0.2) is 5.16 Å². The topological polar surface area (TPSA) is 81.8 Å². The van der Waals surface area contributed by atoms with E-state index in [1.165, 1.54) is 11.8 Å². The van der Waals surface area contributed by atoms with Gasteiger partial charge < -0.3 is 5.32 Å². The standard InChI is InChI=1S/C21H27N5O2S/c1-6-14(4)26-18(11-12-22-26)24-19(27)15(5)29-21-23-17-10-8-7-9-16(17)20(28)25(21)13(2)3/h7-15H,6H2,1-5H3,(H,24,27)/t14-,15-/m1/s1. The van der Waals surface area contributed by atoms with Gasteiger partial charge in [-0.3, -0.25) is 14.2 Å². The molecule has 1 amide bonds. The maximum Gasteiger partial charge on any atom is 0.262 e. The molecule has 29 heavy (non-hydrogen) atoms. The molecule has 0 spiro atoms. The van der Waals surface area contributed by atoms with Crippen LogP contribution in [0.3, 0.4) is 0 Å². The minimum atomic E-state index is -0.437. The predicted molar refractivity (Wildman–Crippen MR) is 118 cm³/mol. The Morgan fingerprint density at radius 1 is 1.17 bits per heavy atom. The predicted octanol–water partition coefficient (Wildman–Crippen LogP) is 4.26. The van der Waals surface area contributed by atoms with Crippen LogP contribution in [0, 0.1) is 0 Å². The third-order valence-corrected chi connectivity index (χ3v) is 5.94. The van der Waals surface area contributed by atoms with E-state index >= 15 is 0 Å². The van der Waals surface area contributed by atoms with E-state index in [2.05, 4.69) is 29.2 Å². The quantitative estimate of drug-likeness (QED) is 0.462. The lowest BCUT2D eigenvalue weighted by Crippen LogP contribution is -2.28. The molecule has 1 N–H and O–H groups in total. The van der Waals surface area contributed by atoms with Gasteiger partial charge in [-0.1, -0.05) is 30.8 Å². The van der Waals surface area contributed by atoms with Crippen LogP contribution in [0.1, 0.15) is 53.1 Å². The van der Waals surface area contributed by atoms with Crippen molar-refractivity contribution in [2.45, 2.75) is 63.5 Å². The minimum absolute atomic E-state index is 0.0656. The summed E-state index contributed by atoms with van der Waals surface area (Å²) in [5.74, 6) is 0.516. The second kappa shape index (κ2) is 8.82. The van der Waals surface area contributed by atoms with Crippen molar-refractivity contribution in [2.24, 2.45) is 0 Å². The van der Waals surface area contributed by atoms with Gasteiger partial charge >= 0.3 is 0 Å². The molecule has 0 saturated carbocycles. The van der Waals surface area contributed by atoms with Gasteiger partial charge in [0.05, 0.1) is 28.4 Å². The van der Waals surface area contributed by atoms with Crippen molar-refractivity contribution in [3.8, 4) is 0 Å². The van der Waals surface area contributed by atoms with Crippen LogP contribution in [0.25, 0.3) is 10.9 Å². The number of fused-ring (bicyclic) bond motifs is 1. The Morgan fingerprint density at radius 3 is 2.59 bits per heavy atom. The molecule has 2 heterocycles. The maximum atomic E-state index is 12.9. The number of rotatable bonds is 7. The largest absolute Gasteiger partial charge is 0.310 e. The molecule has 0 aliphatic rings. The third-order valence-electron chi connectivity index (χ3n) is 4.87. The number of amides is 1. The van der Waals surface area contributed by atoms with Gasteiger partial charge in [-0.2, -0.15) is 5.10 Å². The summed E-state index contributed by atoms with van der Waals surface area (Å²) in [6.45, 7) is 9.83. The molecule has 3 aromatic rings. The molecule has 0 bridgehead atoms. The van der Waals surface area contributed by atoms with Gasteiger partial charge in [0.25, 0.3) is 5.56 Å². The van der Waals surface area contributed by atoms with Gasteiger partial charge in [0.2, 0.25) is 5.91 Å². The van der Waals surface area contributed by atoms with Crippen molar-refractivity contribution in [2.75, 3.05) is 5.32 Å². The van der Waals surface area contributed by atoms with E-state index in [-0.39, 0.29) is 23.6 Å². The van der Waals surface area contributed by atoms with Gasteiger partial charge in [-0.05, 0) is 46.2 Å². The highest BCUT2D eigenvalue weighted by Crippen LogP contribution is 2.26. The van der Waals surface area contributed by atoms with E-state index in [0.29, 0.717) is 21.9 Å². The van der Waals surface area contributed by atoms with E-state index in [1.54, 1.807) is 22.9 Å². The zero-order valence-corrected chi connectivity index (χ0v) is 18.2. The fourth-order valence-corrected chi connectivity index (χ4v) is 4.08. The number of nitrogens with one attached hydrogen (secondary N) is 1. The van der Waals surface area contributed by atoms with Crippen LogP contribution < -0.4 is 10.9 Å². The van der Waals surface area contributed by atoms with E-state index in [0.717, 1.165) is 6.42 Å². The van der Waals surface area contributed by atoms with E-state index in [4.69, 9.17) is 0 Å². The zero-order chi connectivity index (χ0) is 21.1. The Hall–Kier alpha value is -2.61. The molecular weight excluding hydrogens is 386 g/mol. The third kappa shape index (κ3) is 4.37. The molecule has 0 aliphatic carbocycles. The van der Waals surface area contributed by atoms with E-state index < -0.39 is 5.25 Å². The van der Waals surface area contributed by atoms with Crippen LogP contribution >= 0.6 is 11.8 Å². The van der Waals surface area contributed by atoms with E-state index in [1.807, 2.05) is 43.7 Å². The first-order valence-electron chi connectivity index (χ1n) is 9.85. The summed E-state index contributed by atoms with van der Waals surface area (Å²) < 4.78 is 3.47. The maximum absolute atomic E-state index is 12.9. The number of hydrogen-bond acceptors (Lipinski definition) is 5. The van der Waals surface area contributed by atoms with Gasteiger partial charge in [-0.15, -0.1) is 0 Å². The summed E-state index contributed by atoms with van der Waals surface area (Å²) in [5.41, 5.74) is 0.551. The van der Waals surface area contributed by atoms with Gasteiger partial charge in [0, 0.05) is 12.1 Å². The summed E-state index contributed by atoms with van der Waals surface area (Å²) in [6.07, 6.45) is 2.59. The SMILES string of the molecule is CC[C@@H](C)n1nccc1NC(=O)[C@@H](C)Sc1nc2ccccc2c(=O)n1C(C)C. The number of aromatic nitrogens is 4. The highest BCUT2D eigenvalue weighted by Gasteiger charge is 2.22. The molecule has 154 valence electrons. The lowest BCUT2D eigenvalue weighted by molar-refractivity contribution is -0.115. The van der Waals surface area contributed by atoms with Crippen molar-refractivity contribution < 1.29 is 4.79 Å². The number of thioether (sulfide) groups is 1. The second-order valence-electron chi connectivity index (χ2n) is 7.35. The van der Waals surface area contributed by atoms with E-state index in [9.17, 15) is 9.59 Å². The summed E-state index contributed by atoms with van der Waals surface area (Å²) in [6, 6.07) is 9.21. The first-order valence-corrected chi connectivity index (χ1v) is 10.7. The number of nitrogens with zero attached hydrogens (tertiary/aromatic N) is 4. The molecule has 3 rings (SSSR count). The number of carbonyl (C=O) groups excluding carboxylic acids is 1.